The van der Waals surface area contributed by atoms with E-state index in [9.17, 15) is 4.79 Å². The van der Waals surface area contributed by atoms with Crippen LogP contribution in [0.15, 0.2) is 0 Å². The van der Waals surface area contributed by atoms with Crippen molar-refractivity contribution < 1.29 is 9.53 Å². The van der Waals surface area contributed by atoms with Gasteiger partial charge in [0.1, 0.15) is 0 Å². The van der Waals surface area contributed by atoms with Gasteiger partial charge in [-0.2, -0.15) is 0 Å². The Morgan fingerprint density at radius 1 is 1.42 bits per heavy atom. The Morgan fingerprint density at radius 3 is 2.33 bits per heavy atom. The third-order valence-electron chi connectivity index (χ3n) is 2.26. The number of hydrogen-bond donors (Lipinski definition) is 1. The fourth-order valence-electron chi connectivity index (χ4n) is 1.23. The average molecular weight is 173 g/mol. The van der Waals surface area contributed by atoms with E-state index in [4.69, 9.17) is 5.73 Å². The molecule has 72 valence electrons. The van der Waals surface area contributed by atoms with Crippen molar-refractivity contribution in [2.45, 2.75) is 39.2 Å². The monoisotopic (exact) mass is 173 g/mol. The van der Waals surface area contributed by atoms with Crippen LogP contribution in [-0.4, -0.2) is 19.1 Å². The number of carbonyl (C=O) groups excluding carboxylic acids is 1. The zero-order valence-corrected chi connectivity index (χ0v) is 8.17. The highest BCUT2D eigenvalue weighted by Crippen LogP contribution is 2.14. The molecule has 0 aliphatic carbocycles. The topological polar surface area (TPSA) is 52.3 Å². The number of hydrogen-bond acceptors (Lipinski definition) is 3. The number of ether oxygens (including phenoxy) is 1. The summed E-state index contributed by atoms with van der Waals surface area (Å²) in [6.45, 7) is 4.08. The highest BCUT2D eigenvalue weighted by atomic mass is 16.5. The van der Waals surface area contributed by atoms with Crippen LogP contribution in [0.2, 0.25) is 0 Å². The summed E-state index contributed by atoms with van der Waals surface area (Å²) in [4.78, 5) is 10.9. The van der Waals surface area contributed by atoms with Crippen molar-refractivity contribution >= 4 is 5.97 Å². The molecule has 0 saturated heterocycles. The number of methoxy groups -OCH3 is 1. The lowest BCUT2D eigenvalue weighted by Gasteiger charge is -2.19. The van der Waals surface area contributed by atoms with Crippen molar-refractivity contribution in [2.75, 3.05) is 7.11 Å². The Morgan fingerprint density at radius 2 is 2.00 bits per heavy atom. The van der Waals surface area contributed by atoms with Crippen molar-refractivity contribution in [2.24, 2.45) is 11.7 Å². The van der Waals surface area contributed by atoms with E-state index < -0.39 is 0 Å². The average Bonchev–Trinajstić information content (AvgIpc) is 2.12. The van der Waals surface area contributed by atoms with Gasteiger partial charge in [0.25, 0.3) is 0 Å². The summed E-state index contributed by atoms with van der Waals surface area (Å²) in [5.41, 5.74) is 5.82. The zero-order chi connectivity index (χ0) is 9.56. The van der Waals surface area contributed by atoms with Crippen LogP contribution in [0, 0.1) is 5.92 Å². The first-order valence-electron chi connectivity index (χ1n) is 4.48. The van der Waals surface area contributed by atoms with Crippen molar-refractivity contribution in [3.63, 3.8) is 0 Å². The van der Waals surface area contributed by atoms with Crippen LogP contribution in [-0.2, 0) is 9.53 Å². The SMILES string of the molecule is CCC(N)C(CC)CC(=O)OC. The number of rotatable bonds is 5. The van der Waals surface area contributed by atoms with Gasteiger partial charge in [0, 0.05) is 12.5 Å². The van der Waals surface area contributed by atoms with Crippen molar-refractivity contribution in [3.05, 3.63) is 0 Å². The van der Waals surface area contributed by atoms with Crippen LogP contribution in [0.3, 0.4) is 0 Å². The molecule has 3 nitrogen and oxygen atoms in total. The molecule has 0 aromatic carbocycles. The van der Waals surface area contributed by atoms with Gasteiger partial charge < -0.3 is 10.5 Å². The van der Waals surface area contributed by atoms with Crippen LogP contribution in [0.5, 0.6) is 0 Å². The third-order valence-corrected chi connectivity index (χ3v) is 2.26. The predicted octanol–water partition coefficient (Wildman–Crippen LogP) is 1.31. The van der Waals surface area contributed by atoms with Gasteiger partial charge in [0.15, 0.2) is 0 Å². The molecule has 2 N–H and O–H groups in total. The first-order valence-corrected chi connectivity index (χ1v) is 4.48. The molecular formula is C9H19NO2. The summed E-state index contributed by atoms with van der Waals surface area (Å²) in [6.07, 6.45) is 2.29. The summed E-state index contributed by atoms with van der Waals surface area (Å²) >= 11 is 0. The second-order valence-corrected chi connectivity index (χ2v) is 3.02. The summed E-state index contributed by atoms with van der Waals surface area (Å²) in [6, 6.07) is 0.120. The molecule has 0 spiro atoms. The molecule has 0 bridgehead atoms. The number of carbonyl (C=O) groups is 1. The molecule has 0 aliphatic heterocycles. The van der Waals surface area contributed by atoms with Crippen molar-refractivity contribution in [1.29, 1.82) is 0 Å². The standard InChI is InChI=1S/C9H19NO2/c1-4-7(8(10)5-2)6-9(11)12-3/h7-8H,4-6,10H2,1-3H3. The lowest BCUT2D eigenvalue weighted by Crippen LogP contribution is -2.30. The molecule has 0 aromatic heterocycles. The van der Waals surface area contributed by atoms with Gasteiger partial charge >= 0.3 is 5.97 Å². The van der Waals surface area contributed by atoms with Crippen molar-refractivity contribution in [3.8, 4) is 0 Å². The minimum atomic E-state index is -0.161. The van der Waals surface area contributed by atoms with E-state index in [0.29, 0.717) is 6.42 Å². The second-order valence-electron chi connectivity index (χ2n) is 3.02. The van der Waals surface area contributed by atoms with Gasteiger partial charge in [0.05, 0.1) is 7.11 Å². The van der Waals surface area contributed by atoms with Crippen LogP contribution in [0.4, 0.5) is 0 Å². The molecule has 0 aromatic rings. The largest absolute Gasteiger partial charge is 0.469 e. The Kier molecular flexibility index (Phi) is 5.72. The van der Waals surface area contributed by atoms with Crippen LogP contribution >= 0.6 is 0 Å². The Balaban J connectivity index is 3.90. The van der Waals surface area contributed by atoms with Gasteiger partial charge in [-0.05, 0) is 12.3 Å². The lowest BCUT2D eigenvalue weighted by molar-refractivity contribution is -0.141. The first kappa shape index (κ1) is 11.4. The Bertz CT molecular complexity index is 136. The molecule has 0 radical (unpaired) electrons. The molecular weight excluding hydrogens is 154 g/mol. The molecule has 0 fully saturated rings. The van der Waals surface area contributed by atoms with E-state index in [1.54, 1.807) is 0 Å². The highest BCUT2D eigenvalue weighted by molar-refractivity contribution is 5.69. The molecule has 0 saturated carbocycles. The lowest BCUT2D eigenvalue weighted by atomic mass is 9.92. The van der Waals surface area contributed by atoms with E-state index in [-0.39, 0.29) is 17.9 Å². The van der Waals surface area contributed by atoms with E-state index >= 15 is 0 Å². The highest BCUT2D eigenvalue weighted by Gasteiger charge is 2.17. The summed E-state index contributed by atoms with van der Waals surface area (Å²) in [5, 5.41) is 0. The molecule has 3 heteroatoms. The molecule has 0 amide bonds. The van der Waals surface area contributed by atoms with Gasteiger partial charge in [-0.1, -0.05) is 20.3 Å². The minimum Gasteiger partial charge on any atom is -0.469 e. The summed E-state index contributed by atoms with van der Waals surface area (Å²) < 4.78 is 4.58. The fraction of sp³-hybridized carbons (Fsp3) is 0.889. The van der Waals surface area contributed by atoms with Crippen LogP contribution in [0.1, 0.15) is 33.1 Å². The van der Waals surface area contributed by atoms with Gasteiger partial charge in [-0.15, -0.1) is 0 Å². The van der Waals surface area contributed by atoms with E-state index in [1.807, 2.05) is 13.8 Å². The van der Waals surface area contributed by atoms with Crippen LogP contribution in [0.25, 0.3) is 0 Å². The van der Waals surface area contributed by atoms with Crippen molar-refractivity contribution in [1.82, 2.24) is 0 Å². The molecule has 0 rings (SSSR count). The minimum absolute atomic E-state index is 0.120. The summed E-state index contributed by atoms with van der Waals surface area (Å²) in [5.74, 6) is 0.105. The van der Waals surface area contributed by atoms with Gasteiger partial charge in [-0.3, -0.25) is 4.79 Å². The molecule has 0 heterocycles. The predicted molar refractivity (Wildman–Crippen MR) is 48.7 cm³/mol. The maximum absolute atomic E-state index is 10.9. The molecule has 0 aliphatic rings. The van der Waals surface area contributed by atoms with Crippen LogP contribution < -0.4 is 5.73 Å². The Labute approximate surface area is 74.3 Å². The summed E-state index contributed by atoms with van der Waals surface area (Å²) in [7, 11) is 1.41. The zero-order valence-electron chi connectivity index (χ0n) is 8.17. The quantitative estimate of drug-likeness (QED) is 0.638. The molecule has 2 unspecified atom stereocenters. The fourth-order valence-corrected chi connectivity index (χ4v) is 1.23. The Hall–Kier alpha value is -0.570. The number of nitrogens with two attached hydrogens (primary N) is 1. The normalized spacial score (nSPS) is 15.3. The smallest absolute Gasteiger partial charge is 0.305 e. The molecule has 12 heavy (non-hydrogen) atoms. The maximum atomic E-state index is 10.9. The second kappa shape index (κ2) is 6.00. The number of esters is 1. The maximum Gasteiger partial charge on any atom is 0.305 e. The van der Waals surface area contributed by atoms with Gasteiger partial charge in [0.2, 0.25) is 0 Å². The van der Waals surface area contributed by atoms with E-state index in [2.05, 4.69) is 4.74 Å². The molecule has 2 atom stereocenters. The van der Waals surface area contributed by atoms with Gasteiger partial charge in [-0.25, -0.2) is 0 Å². The van der Waals surface area contributed by atoms with E-state index in [1.165, 1.54) is 7.11 Å². The van der Waals surface area contributed by atoms with E-state index in [0.717, 1.165) is 12.8 Å². The third kappa shape index (κ3) is 3.72. The first-order chi connectivity index (χ1) is 5.65.